The molecule has 29 heavy (non-hydrogen) atoms. The summed E-state index contributed by atoms with van der Waals surface area (Å²) in [4.78, 5) is 14.3. The molecule has 1 N–H and O–H groups in total. The van der Waals surface area contributed by atoms with Gasteiger partial charge in [-0.1, -0.05) is 23.4 Å². The molecule has 0 atom stereocenters. The van der Waals surface area contributed by atoms with Crippen LogP contribution in [0.25, 0.3) is 11.3 Å². The minimum atomic E-state index is -0.650. The van der Waals surface area contributed by atoms with Gasteiger partial charge in [0.15, 0.2) is 0 Å². The Labute approximate surface area is 167 Å². The number of urea groups is 1. The molecule has 4 rings (SSSR count). The number of carbonyl (C=O) groups excluding carboxylic acids is 1. The van der Waals surface area contributed by atoms with E-state index in [9.17, 15) is 13.6 Å². The molecule has 6 nitrogen and oxygen atoms in total. The lowest BCUT2D eigenvalue weighted by molar-refractivity contribution is 0.179. The van der Waals surface area contributed by atoms with Gasteiger partial charge in [-0.15, -0.1) is 5.10 Å². The molecule has 0 spiro atoms. The van der Waals surface area contributed by atoms with Crippen molar-refractivity contribution in [1.29, 1.82) is 0 Å². The Morgan fingerprint density at radius 3 is 2.48 bits per heavy atom. The van der Waals surface area contributed by atoms with Crippen molar-refractivity contribution in [3.05, 3.63) is 65.9 Å². The van der Waals surface area contributed by atoms with E-state index in [-0.39, 0.29) is 12.1 Å². The molecule has 0 saturated carbocycles. The average molecular weight is 397 g/mol. The third-order valence-corrected chi connectivity index (χ3v) is 5.18. The summed E-state index contributed by atoms with van der Waals surface area (Å²) in [6.45, 7) is 3.13. The molecular formula is C21H21F2N5O. The maximum atomic E-state index is 13.4. The van der Waals surface area contributed by atoms with E-state index in [4.69, 9.17) is 0 Å². The Balaban J connectivity index is 1.38. The number of halogens is 2. The summed E-state index contributed by atoms with van der Waals surface area (Å²) in [7, 11) is 0. The first-order valence-electron chi connectivity index (χ1n) is 9.49. The zero-order valence-corrected chi connectivity index (χ0v) is 16.0. The molecule has 2 aromatic carbocycles. The number of rotatable bonds is 3. The van der Waals surface area contributed by atoms with Crippen molar-refractivity contribution in [3.63, 3.8) is 0 Å². The zero-order valence-electron chi connectivity index (χ0n) is 16.0. The third kappa shape index (κ3) is 4.26. The maximum absolute atomic E-state index is 13.4. The van der Waals surface area contributed by atoms with E-state index in [1.807, 2.05) is 31.2 Å². The topological polar surface area (TPSA) is 63.1 Å². The molecule has 3 aromatic rings. The predicted molar refractivity (Wildman–Crippen MR) is 105 cm³/mol. The highest BCUT2D eigenvalue weighted by molar-refractivity contribution is 5.90. The molecule has 1 saturated heterocycles. The Morgan fingerprint density at radius 1 is 1.10 bits per heavy atom. The van der Waals surface area contributed by atoms with Crippen LogP contribution >= 0.6 is 0 Å². The average Bonchev–Trinajstić information content (AvgIpc) is 3.19. The number of likely N-dealkylation sites (tertiary alicyclic amines) is 1. The number of amides is 2. The van der Waals surface area contributed by atoms with Crippen molar-refractivity contribution in [2.75, 3.05) is 18.4 Å². The molecule has 8 heteroatoms. The van der Waals surface area contributed by atoms with Crippen molar-refractivity contribution in [2.45, 2.75) is 25.8 Å². The summed E-state index contributed by atoms with van der Waals surface area (Å²) in [5.74, 6) is -1.30. The standard InChI is InChI=1S/C21H21F2N5O/c1-14-4-2-3-5-19(14)24-21(29)27-8-6-18(7-9-27)28-13-20(25-26-28)15-10-16(22)12-17(23)11-15/h2-5,10-13,18H,6-9H2,1H3,(H,24,29). The molecule has 0 bridgehead atoms. The summed E-state index contributed by atoms with van der Waals surface area (Å²) < 4.78 is 28.6. The third-order valence-electron chi connectivity index (χ3n) is 5.18. The first kappa shape index (κ1) is 19.0. The summed E-state index contributed by atoms with van der Waals surface area (Å²) >= 11 is 0. The Bertz CT molecular complexity index is 1010. The van der Waals surface area contributed by atoms with Gasteiger partial charge in [-0.3, -0.25) is 0 Å². The van der Waals surface area contributed by atoms with E-state index < -0.39 is 11.6 Å². The number of piperidine rings is 1. The number of benzene rings is 2. The highest BCUT2D eigenvalue weighted by atomic mass is 19.1. The molecule has 2 heterocycles. The molecule has 150 valence electrons. The fourth-order valence-corrected chi connectivity index (χ4v) is 3.53. The molecule has 1 aromatic heterocycles. The minimum Gasteiger partial charge on any atom is -0.324 e. The summed E-state index contributed by atoms with van der Waals surface area (Å²) in [5.41, 5.74) is 2.59. The van der Waals surface area contributed by atoms with Crippen LogP contribution in [0.4, 0.5) is 19.3 Å². The number of hydrogen-bond acceptors (Lipinski definition) is 3. The predicted octanol–water partition coefficient (Wildman–Crippen LogP) is 4.40. The van der Waals surface area contributed by atoms with Gasteiger partial charge in [0.1, 0.15) is 17.3 Å². The molecule has 1 fully saturated rings. The van der Waals surface area contributed by atoms with Crippen LogP contribution in [0.1, 0.15) is 24.4 Å². The molecular weight excluding hydrogens is 376 g/mol. The van der Waals surface area contributed by atoms with Gasteiger partial charge in [-0.2, -0.15) is 0 Å². The summed E-state index contributed by atoms with van der Waals surface area (Å²) in [5, 5.41) is 11.1. The molecule has 0 unspecified atom stereocenters. The second-order valence-corrected chi connectivity index (χ2v) is 7.21. The molecule has 2 amide bonds. The van der Waals surface area contributed by atoms with Crippen LogP contribution in [0.15, 0.2) is 48.7 Å². The second-order valence-electron chi connectivity index (χ2n) is 7.21. The van der Waals surface area contributed by atoms with E-state index in [0.29, 0.717) is 24.3 Å². The van der Waals surface area contributed by atoms with Crippen molar-refractivity contribution in [3.8, 4) is 11.3 Å². The second kappa shape index (κ2) is 7.98. The normalized spacial score (nSPS) is 14.8. The van der Waals surface area contributed by atoms with Gasteiger partial charge in [0.05, 0.1) is 12.2 Å². The van der Waals surface area contributed by atoms with Crippen LogP contribution in [-0.2, 0) is 0 Å². The number of anilines is 1. The van der Waals surface area contributed by atoms with E-state index in [1.165, 1.54) is 12.1 Å². The van der Waals surface area contributed by atoms with Crippen LogP contribution in [0.5, 0.6) is 0 Å². The van der Waals surface area contributed by atoms with Gasteiger partial charge in [0.25, 0.3) is 0 Å². The molecule has 0 radical (unpaired) electrons. The quantitative estimate of drug-likeness (QED) is 0.713. The number of carbonyl (C=O) groups is 1. The van der Waals surface area contributed by atoms with Crippen LogP contribution in [0.3, 0.4) is 0 Å². The number of aromatic nitrogens is 3. The fourth-order valence-electron chi connectivity index (χ4n) is 3.53. The van der Waals surface area contributed by atoms with Crippen LogP contribution < -0.4 is 5.32 Å². The van der Waals surface area contributed by atoms with E-state index >= 15 is 0 Å². The van der Waals surface area contributed by atoms with Gasteiger partial charge in [-0.05, 0) is 43.5 Å². The first-order chi connectivity index (χ1) is 14.0. The lowest BCUT2D eigenvalue weighted by Gasteiger charge is -2.32. The number of hydrogen-bond donors (Lipinski definition) is 1. The van der Waals surface area contributed by atoms with Crippen molar-refractivity contribution < 1.29 is 13.6 Å². The molecule has 1 aliphatic heterocycles. The monoisotopic (exact) mass is 397 g/mol. The number of nitrogens with zero attached hydrogens (tertiary/aromatic N) is 4. The number of nitrogens with one attached hydrogen (secondary N) is 1. The van der Waals surface area contributed by atoms with E-state index in [2.05, 4.69) is 15.6 Å². The fraction of sp³-hybridized carbons (Fsp3) is 0.286. The van der Waals surface area contributed by atoms with Crippen LogP contribution in [-0.4, -0.2) is 39.0 Å². The highest BCUT2D eigenvalue weighted by Gasteiger charge is 2.25. The van der Waals surface area contributed by atoms with E-state index in [0.717, 1.165) is 30.2 Å². The largest absolute Gasteiger partial charge is 0.324 e. The zero-order chi connectivity index (χ0) is 20.4. The van der Waals surface area contributed by atoms with Crippen molar-refractivity contribution >= 4 is 11.7 Å². The highest BCUT2D eigenvalue weighted by Crippen LogP contribution is 2.25. The van der Waals surface area contributed by atoms with Crippen LogP contribution in [0.2, 0.25) is 0 Å². The van der Waals surface area contributed by atoms with Crippen LogP contribution in [0, 0.1) is 18.6 Å². The Hall–Kier alpha value is -3.29. The summed E-state index contributed by atoms with van der Waals surface area (Å²) in [6, 6.07) is 10.9. The smallest absolute Gasteiger partial charge is 0.321 e. The van der Waals surface area contributed by atoms with Crippen molar-refractivity contribution in [2.24, 2.45) is 0 Å². The number of para-hydroxylation sites is 1. The summed E-state index contributed by atoms with van der Waals surface area (Å²) in [6.07, 6.45) is 3.14. The van der Waals surface area contributed by atoms with Gasteiger partial charge in [0, 0.05) is 30.4 Å². The maximum Gasteiger partial charge on any atom is 0.321 e. The van der Waals surface area contributed by atoms with E-state index in [1.54, 1.807) is 15.8 Å². The number of aryl methyl sites for hydroxylation is 1. The molecule has 0 aliphatic carbocycles. The van der Waals surface area contributed by atoms with Gasteiger partial charge in [-0.25, -0.2) is 18.3 Å². The van der Waals surface area contributed by atoms with Gasteiger partial charge >= 0.3 is 6.03 Å². The lowest BCUT2D eigenvalue weighted by Crippen LogP contribution is -2.41. The van der Waals surface area contributed by atoms with Gasteiger partial charge in [0.2, 0.25) is 0 Å². The lowest BCUT2D eigenvalue weighted by atomic mass is 10.1. The minimum absolute atomic E-state index is 0.0807. The van der Waals surface area contributed by atoms with Gasteiger partial charge < -0.3 is 10.2 Å². The Kier molecular flexibility index (Phi) is 5.24. The first-order valence-corrected chi connectivity index (χ1v) is 9.49. The molecule has 1 aliphatic rings. The Morgan fingerprint density at radius 2 is 1.79 bits per heavy atom. The van der Waals surface area contributed by atoms with Crippen molar-refractivity contribution in [1.82, 2.24) is 19.9 Å². The SMILES string of the molecule is Cc1ccccc1NC(=O)N1CCC(n2cc(-c3cc(F)cc(F)c3)nn2)CC1.